The first-order valence-corrected chi connectivity index (χ1v) is 8.55. The van der Waals surface area contributed by atoms with E-state index in [9.17, 15) is 8.42 Å². The highest BCUT2D eigenvalue weighted by molar-refractivity contribution is 7.89. The average Bonchev–Trinajstić information content (AvgIpc) is 2.40. The minimum atomic E-state index is -3.49. The molecule has 0 saturated heterocycles. The highest BCUT2D eigenvalue weighted by atomic mass is 32.2. The molecule has 0 aliphatic carbocycles. The van der Waals surface area contributed by atoms with Gasteiger partial charge in [0.2, 0.25) is 10.0 Å². The van der Waals surface area contributed by atoms with Crippen molar-refractivity contribution in [2.45, 2.75) is 57.5 Å². The third-order valence-corrected chi connectivity index (χ3v) is 5.78. The molecule has 20 heavy (non-hydrogen) atoms. The van der Waals surface area contributed by atoms with Crippen molar-refractivity contribution in [3.8, 4) is 0 Å². The summed E-state index contributed by atoms with van der Waals surface area (Å²) in [5.74, 6) is 0. The van der Waals surface area contributed by atoms with Crippen molar-refractivity contribution >= 4 is 10.0 Å². The van der Waals surface area contributed by atoms with Gasteiger partial charge in [0.1, 0.15) is 0 Å². The number of benzene rings is 1. The molecule has 0 spiro atoms. The molecule has 4 nitrogen and oxygen atoms in total. The molecule has 0 unspecified atom stereocenters. The van der Waals surface area contributed by atoms with Crippen LogP contribution in [-0.2, 0) is 16.6 Å². The minimum Gasteiger partial charge on any atom is -0.316 e. The lowest BCUT2D eigenvalue weighted by Gasteiger charge is -2.28. The van der Waals surface area contributed by atoms with Gasteiger partial charge in [0.15, 0.2) is 0 Å². The largest absolute Gasteiger partial charge is 0.316 e. The Bertz CT molecular complexity index is 549. The first kappa shape index (κ1) is 17.1. The van der Waals surface area contributed by atoms with Gasteiger partial charge in [-0.15, -0.1) is 0 Å². The summed E-state index contributed by atoms with van der Waals surface area (Å²) in [6, 6.07) is 5.41. The number of rotatable bonds is 7. The second-order valence-corrected chi connectivity index (χ2v) is 7.09. The van der Waals surface area contributed by atoms with Gasteiger partial charge in [-0.3, -0.25) is 0 Å². The van der Waals surface area contributed by atoms with Crippen LogP contribution in [0.1, 0.15) is 44.7 Å². The number of hydrogen-bond donors (Lipinski definition) is 2. The minimum absolute atomic E-state index is 0.373. The highest BCUT2D eigenvalue weighted by Gasteiger charge is 2.28. The molecule has 0 bridgehead atoms. The fraction of sp³-hybridized carbons (Fsp3) is 0.600. The summed E-state index contributed by atoms with van der Waals surface area (Å²) in [6.45, 7) is 8.45. The van der Waals surface area contributed by atoms with Crippen LogP contribution >= 0.6 is 0 Å². The third kappa shape index (κ3) is 3.81. The standard InChI is InChI=1S/C15H26N2O2S/c1-6-15(4,7-2)17-20(18,19)14-10-8-9-13(11-16-5)12(14)3/h8-10,16-17H,6-7,11H2,1-5H3. The maximum atomic E-state index is 12.6. The van der Waals surface area contributed by atoms with Crippen molar-refractivity contribution in [2.24, 2.45) is 0 Å². The van der Waals surface area contributed by atoms with E-state index in [1.807, 2.05) is 40.8 Å². The monoisotopic (exact) mass is 298 g/mol. The van der Waals surface area contributed by atoms with Gasteiger partial charge in [-0.1, -0.05) is 26.0 Å². The van der Waals surface area contributed by atoms with Crippen LogP contribution in [0.15, 0.2) is 23.1 Å². The molecule has 2 N–H and O–H groups in total. The Morgan fingerprint density at radius 2 is 1.80 bits per heavy atom. The highest BCUT2D eigenvalue weighted by Crippen LogP contribution is 2.23. The van der Waals surface area contributed by atoms with Crippen LogP contribution in [0.25, 0.3) is 0 Å². The normalized spacial score (nSPS) is 12.7. The summed E-state index contributed by atoms with van der Waals surface area (Å²) in [4.78, 5) is 0.373. The molecule has 0 aliphatic rings. The second kappa shape index (κ2) is 6.70. The van der Waals surface area contributed by atoms with Gasteiger partial charge in [0.05, 0.1) is 4.90 Å². The molecular weight excluding hydrogens is 272 g/mol. The van der Waals surface area contributed by atoms with Crippen LogP contribution in [0.2, 0.25) is 0 Å². The van der Waals surface area contributed by atoms with E-state index >= 15 is 0 Å². The Morgan fingerprint density at radius 3 is 2.30 bits per heavy atom. The zero-order valence-electron chi connectivity index (χ0n) is 13.1. The van der Waals surface area contributed by atoms with E-state index < -0.39 is 15.6 Å². The molecule has 0 amide bonds. The Balaban J connectivity index is 3.20. The molecule has 0 heterocycles. The van der Waals surface area contributed by atoms with E-state index in [1.54, 1.807) is 12.1 Å². The zero-order valence-corrected chi connectivity index (χ0v) is 13.9. The van der Waals surface area contributed by atoms with Gasteiger partial charge in [0, 0.05) is 12.1 Å². The van der Waals surface area contributed by atoms with Crippen LogP contribution < -0.4 is 10.0 Å². The van der Waals surface area contributed by atoms with E-state index in [1.165, 1.54) is 0 Å². The topological polar surface area (TPSA) is 58.2 Å². The van der Waals surface area contributed by atoms with Gasteiger partial charge in [0.25, 0.3) is 0 Å². The Hall–Kier alpha value is -0.910. The van der Waals surface area contributed by atoms with Crippen molar-refractivity contribution in [1.82, 2.24) is 10.0 Å². The van der Waals surface area contributed by atoms with Crippen LogP contribution in [0, 0.1) is 6.92 Å². The van der Waals surface area contributed by atoms with E-state index in [4.69, 9.17) is 0 Å². The molecular formula is C15H26N2O2S. The van der Waals surface area contributed by atoms with Crippen molar-refractivity contribution in [3.05, 3.63) is 29.3 Å². The van der Waals surface area contributed by atoms with Gasteiger partial charge < -0.3 is 5.32 Å². The molecule has 0 radical (unpaired) electrons. The van der Waals surface area contributed by atoms with Crippen molar-refractivity contribution < 1.29 is 8.42 Å². The van der Waals surface area contributed by atoms with Crippen LogP contribution in [-0.4, -0.2) is 21.0 Å². The van der Waals surface area contributed by atoms with Gasteiger partial charge in [-0.25, -0.2) is 13.1 Å². The summed E-state index contributed by atoms with van der Waals surface area (Å²) in [6.07, 6.45) is 1.52. The maximum absolute atomic E-state index is 12.6. The molecule has 1 aromatic rings. The van der Waals surface area contributed by atoms with Crippen molar-refractivity contribution in [2.75, 3.05) is 7.05 Å². The van der Waals surface area contributed by atoms with Crippen LogP contribution in [0.3, 0.4) is 0 Å². The summed E-state index contributed by atoms with van der Waals surface area (Å²) in [5.41, 5.74) is 1.42. The first-order valence-electron chi connectivity index (χ1n) is 7.06. The number of sulfonamides is 1. The van der Waals surface area contributed by atoms with E-state index in [2.05, 4.69) is 10.0 Å². The molecule has 0 atom stereocenters. The molecule has 0 saturated carbocycles. The third-order valence-electron chi connectivity index (χ3n) is 3.99. The summed E-state index contributed by atoms with van der Waals surface area (Å²) >= 11 is 0. The predicted octanol–water partition coefficient (Wildman–Crippen LogP) is 2.57. The first-order chi connectivity index (χ1) is 9.29. The van der Waals surface area contributed by atoms with Crippen LogP contribution in [0.4, 0.5) is 0 Å². The van der Waals surface area contributed by atoms with E-state index in [0.717, 1.165) is 24.0 Å². The van der Waals surface area contributed by atoms with E-state index in [-0.39, 0.29) is 0 Å². The lowest BCUT2D eigenvalue weighted by atomic mass is 9.98. The summed E-state index contributed by atoms with van der Waals surface area (Å²) in [5, 5.41) is 3.06. The Kier molecular flexibility index (Phi) is 5.74. The fourth-order valence-electron chi connectivity index (χ4n) is 2.11. The molecule has 1 aromatic carbocycles. The summed E-state index contributed by atoms with van der Waals surface area (Å²) in [7, 11) is -1.64. The Morgan fingerprint density at radius 1 is 1.20 bits per heavy atom. The molecule has 0 fully saturated rings. The molecule has 0 aromatic heterocycles. The molecule has 114 valence electrons. The van der Waals surface area contributed by atoms with Gasteiger partial charge >= 0.3 is 0 Å². The lowest BCUT2D eigenvalue weighted by molar-refractivity contribution is 0.388. The molecule has 0 aliphatic heterocycles. The van der Waals surface area contributed by atoms with Crippen molar-refractivity contribution in [1.29, 1.82) is 0 Å². The van der Waals surface area contributed by atoms with Gasteiger partial charge in [-0.2, -0.15) is 0 Å². The fourth-order valence-corrected chi connectivity index (χ4v) is 3.95. The lowest BCUT2D eigenvalue weighted by Crippen LogP contribution is -2.45. The molecule has 5 heteroatoms. The van der Waals surface area contributed by atoms with Crippen LogP contribution in [0.5, 0.6) is 0 Å². The second-order valence-electron chi connectivity index (χ2n) is 5.44. The maximum Gasteiger partial charge on any atom is 0.241 e. The smallest absolute Gasteiger partial charge is 0.241 e. The summed E-state index contributed by atoms with van der Waals surface area (Å²) < 4.78 is 28.1. The van der Waals surface area contributed by atoms with E-state index in [0.29, 0.717) is 11.4 Å². The quantitative estimate of drug-likeness (QED) is 0.813. The number of hydrogen-bond acceptors (Lipinski definition) is 3. The Labute approximate surface area is 123 Å². The van der Waals surface area contributed by atoms with Gasteiger partial charge in [-0.05, 0) is 50.9 Å². The zero-order chi connectivity index (χ0) is 15.4. The molecule has 1 rings (SSSR count). The average molecular weight is 298 g/mol. The SMILES string of the molecule is CCC(C)(CC)NS(=O)(=O)c1cccc(CNC)c1C. The number of nitrogens with one attached hydrogen (secondary N) is 2. The predicted molar refractivity (Wildman–Crippen MR) is 83.3 cm³/mol. The van der Waals surface area contributed by atoms with Crippen molar-refractivity contribution in [3.63, 3.8) is 0 Å².